The van der Waals surface area contributed by atoms with Crippen LogP contribution in [0.1, 0.15) is 0 Å². The van der Waals surface area contributed by atoms with Crippen LogP contribution < -0.4 is 11.2 Å². The number of rotatable bonds is 2. The predicted octanol–water partition coefficient (Wildman–Crippen LogP) is 0.982. The van der Waals surface area contributed by atoms with Gasteiger partial charge in [0.1, 0.15) is 0 Å². The lowest BCUT2D eigenvalue weighted by atomic mass is 10.2. The van der Waals surface area contributed by atoms with Gasteiger partial charge >= 0.3 is 5.69 Å². The summed E-state index contributed by atoms with van der Waals surface area (Å²) in [6, 6.07) is 6.71. The molecule has 2 heterocycles. The van der Waals surface area contributed by atoms with Crippen LogP contribution in [0.25, 0.3) is 16.6 Å². The molecular formula is C13H8N4O4. The largest absolute Gasteiger partial charge is 0.333 e. The minimum absolute atomic E-state index is 0.0700. The Balaban J connectivity index is 2.39. The van der Waals surface area contributed by atoms with Gasteiger partial charge in [0.15, 0.2) is 0 Å². The van der Waals surface area contributed by atoms with Crippen molar-refractivity contribution in [1.82, 2.24) is 14.5 Å². The average molecular weight is 284 g/mol. The highest BCUT2D eigenvalue weighted by Gasteiger charge is 2.13. The minimum atomic E-state index is -0.622. The minimum Gasteiger partial charge on any atom is -0.306 e. The van der Waals surface area contributed by atoms with Crippen molar-refractivity contribution in [1.29, 1.82) is 0 Å². The number of hydrogen-bond donors (Lipinski definition) is 1. The molecule has 0 aliphatic carbocycles. The molecule has 0 aliphatic heterocycles. The van der Waals surface area contributed by atoms with Crippen molar-refractivity contribution in [3.05, 3.63) is 73.7 Å². The van der Waals surface area contributed by atoms with Gasteiger partial charge in [-0.2, -0.15) is 0 Å². The molecule has 0 atom stereocenters. The third kappa shape index (κ3) is 2.08. The maximum Gasteiger partial charge on any atom is 0.333 e. The summed E-state index contributed by atoms with van der Waals surface area (Å²) in [7, 11) is 0. The molecule has 0 radical (unpaired) electrons. The van der Waals surface area contributed by atoms with Gasteiger partial charge < -0.3 is 4.98 Å². The number of fused-ring (bicyclic) bond motifs is 1. The molecule has 0 amide bonds. The van der Waals surface area contributed by atoms with Gasteiger partial charge in [-0.05, 0) is 18.2 Å². The second-order valence-corrected chi connectivity index (χ2v) is 4.26. The molecule has 3 rings (SSSR count). The van der Waals surface area contributed by atoms with Gasteiger partial charge in [-0.15, -0.1) is 0 Å². The first-order valence-electron chi connectivity index (χ1n) is 5.92. The number of pyridine rings is 1. The fourth-order valence-corrected chi connectivity index (χ4v) is 2.04. The molecule has 1 aromatic carbocycles. The lowest BCUT2D eigenvalue weighted by Crippen LogP contribution is -2.33. The molecule has 0 unspecified atom stereocenters. The summed E-state index contributed by atoms with van der Waals surface area (Å²) in [5.74, 6) is 0. The number of aromatic nitrogens is 3. The molecule has 0 fully saturated rings. The number of non-ortho nitro benzene ring substituents is 1. The first kappa shape index (κ1) is 12.7. The van der Waals surface area contributed by atoms with Crippen LogP contribution in [0.15, 0.2) is 52.3 Å². The van der Waals surface area contributed by atoms with E-state index in [0.717, 1.165) is 10.6 Å². The monoisotopic (exact) mass is 284 g/mol. The average Bonchev–Trinajstić information content (AvgIpc) is 2.48. The Hall–Kier alpha value is -3.29. The van der Waals surface area contributed by atoms with Gasteiger partial charge in [0.25, 0.3) is 11.2 Å². The molecular weight excluding hydrogens is 276 g/mol. The van der Waals surface area contributed by atoms with E-state index in [9.17, 15) is 19.7 Å². The van der Waals surface area contributed by atoms with Crippen molar-refractivity contribution in [2.75, 3.05) is 0 Å². The van der Waals surface area contributed by atoms with E-state index in [2.05, 4.69) is 9.97 Å². The Morgan fingerprint density at radius 3 is 2.52 bits per heavy atom. The first-order valence-corrected chi connectivity index (χ1v) is 5.92. The normalized spacial score (nSPS) is 10.7. The van der Waals surface area contributed by atoms with E-state index < -0.39 is 16.2 Å². The second kappa shape index (κ2) is 4.67. The van der Waals surface area contributed by atoms with Crippen LogP contribution in [-0.2, 0) is 0 Å². The van der Waals surface area contributed by atoms with Gasteiger partial charge in [0.05, 0.1) is 21.5 Å². The third-order valence-corrected chi connectivity index (χ3v) is 3.01. The molecule has 1 N–H and O–H groups in total. The molecule has 0 spiro atoms. The number of nitro benzene ring substituents is 1. The molecule has 0 saturated carbocycles. The molecule has 0 saturated heterocycles. The van der Waals surface area contributed by atoms with E-state index in [1.165, 1.54) is 36.7 Å². The van der Waals surface area contributed by atoms with E-state index in [1.54, 1.807) is 0 Å². The quantitative estimate of drug-likeness (QED) is 0.557. The number of aromatic amines is 1. The molecule has 3 aromatic rings. The molecule has 8 nitrogen and oxygen atoms in total. The van der Waals surface area contributed by atoms with Crippen molar-refractivity contribution < 1.29 is 4.92 Å². The number of nitro groups is 1. The molecule has 2 aromatic heterocycles. The second-order valence-electron chi connectivity index (χ2n) is 4.26. The van der Waals surface area contributed by atoms with Crippen LogP contribution in [0.2, 0.25) is 0 Å². The smallest absolute Gasteiger partial charge is 0.306 e. The molecule has 8 heteroatoms. The van der Waals surface area contributed by atoms with Gasteiger partial charge in [-0.1, -0.05) is 0 Å². The van der Waals surface area contributed by atoms with E-state index in [4.69, 9.17) is 0 Å². The summed E-state index contributed by atoms with van der Waals surface area (Å²) >= 11 is 0. The summed E-state index contributed by atoms with van der Waals surface area (Å²) in [5, 5.41) is 10.9. The van der Waals surface area contributed by atoms with Gasteiger partial charge in [-0.3, -0.25) is 19.9 Å². The number of nitrogens with zero attached hydrogens (tertiary/aromatic N) is 3. The number of nitrogens with one attached hydrogen (secondary N) is 1. The number of H-pyrrole nitrogens is 1. The maximum atomic E-state index is 12.4. The summed E-state index contributed by atoms with van der Waals surface area (Å²) in [4.78, 5) is 41.0. The Kier molecular flexibility index (Phi) is 2.83. The first-order chi connectivity index (χ1) is 10.1. The Bertz CT molecular complexity index is 959. The molecule has 0 aliphatic rings. The Morgan fingerprint density at radius 1 is 1.14 bits per heavy atom. The maximum absolute atomic E-state index is 12.4. The van der Waals surface area contributed by atoms with Crippen LogP contribution in [-0.4, -0.2) is 19.5 Å². The third-order valence-electron chi connectivity index (χ3n) is 3.01. The van der Waals surface area contributed by atoms with Crippen molar-refractivity contribution >= 4 is 16.6 Å². The standard InChI is InChI=1S/C13H8N4O4/c18-12-10-7-9(17(20)21)1-2-11(10)15-13(19)16(12)8-3-5-14-6-4-8/h1-7H,(H,15,19). The lowest BCUT2D eigenvalue weighted by Gasteiger charge is -2.05. The predicted molar refractivity (Wildman–Crippen MR) is 74.6 cm³/mol. The van der Waals surface area contributed by atoms with Crippen LogP contribution in [0, 0.1) is 10.1 Å². The number of benzene rings is 1. The summed E-state index contributed by atoms with van der Waals surface area (Å²) < 4.78 is 0.910. The van der Waals surface area contributed by atoms with Crippen molar-refractivity contribution in [2.45, 2.75) is 0 Å². The van der Waals surface area contributed by atoms with Gasteiger partial charge in [0.2, 0.25) is 0 Å². The zero-order chi connectivity index (χ0) is 15.0. The van der Waals surface area contributed by atoms with Crippen molar-refractivity contribution in [3.63, 3.8) is 0 Å². The lowest BCUT2D eigenvalue weighted by molar-refractivity contribution is -0.384. The summed E-state index contributed by atoms with van der Waals surface area (Å²) in [5.41, 5.74) is -0.866. The summed E-state index contributed by atoms with van der Waals surface area (Å²) in [6.07, 6.45) is 2.89. The van der Waals surface area contributed by atoms with E-state index >= 15 is 0 Å². The van der Waals surface area contributed by atoms with Crippen LogP contribution in [0.4, 0.5) is 5.69 Å². The van der Waals surface area contributed by atoms with Gasteiger partial charge in [-0.25, -0.2) is 9.36 Å². The van der Waals surface area contributed by atoms with Crippen LogP contribution in [0.5, 0.6) is 0 Å². The molecule has 21 heavy (non-hydrogen) atoms. The van der Waals surface area contributed by atoms with Gasteiger partial charge in [0, 0.05) is 24.5 Å². The fourth-order valence-electron chi connectivity index (χ4n) is 2.04. The van der Waals surface area contributed by atoms with Crippen LogP contribution >= 0.6 is 0 Å². The van der Waals surface area contributed by atoms with E-state index in [1.807, 2.05) is 0 Å². The topological polar surface area (TPSA) is 111 Å². The zero-order valence-corrected chi connectivity index (χ0v) is 10.5. The van der Waals surface area contributed by atoms with Crippen molar-refractivity contribution in [2.24, 2.45) is 0 Å². The molecule has 0 bridgehead atoms. The van der Waals surface area contributed by atoms with E-state index in [-0.39, 0.29) is 16.6 Å². The molecule has 104 valence electrons. The fraction of sp³-hybridized carbons (Fsp3) is 0. The van der Waals surface area contributed by atoms with Crippen molar-refractivity contribution in [3.8, 4) is 5.69 Å². The highest BCUT2D eigenvalue weighted by molar-refractivity contribution is 5.80. The highest BCUT2D eigenvalue weighted by atomic mass is 16.6. The zero-order valence-electron chi connectivity index (χ0n) is 10.5. The van der Waals surface area contributed by atoms with Crippen LogP contribution in [0.3, 0.4) is 0 Å². The SMILES string of the molecule is O=c1[nH]c2ccc([N+](=O)[O-])cc2c(=O)n1-c1ccncc1. The van der Waals surface area contributed by atoms with E-state index in [0.29, 0.717) is 5.69 Å². The Labute approximate surface area is 116 Å². The number of hydrogen-bond acceptors (Lipinski definition) is 5. The summed E-state index contributed by atoms with van der Waals surface area (Å²) in [6.45, 7) is 0. The highest BCUT2D eigenvalue weighted by Crippen LogP contribution is 2.16. The Morgan fingerprint density at radius 2 is 1.86 bits per heavy atom.